The first-order valence-corrected chi connectivity index (χ1v) is 6.33. The molecule has 2 unspecified atom stereocenters. The Morgan fingerprint density at radius 1 is 1.62 bits per heavy atom. The monoisotopic (exact) mass is 228 g/mol. The molecule has 0 N–H and O–H groups in total. The molecular formula is C14H25FO. The van der Waals surface area contributed by atoms with E-state index in [4.69, 9.17) is 4.74 Å². The zero-order valence-corrected chi connectivity index (χ0v) is 10.9. The molecule has 0 saturated heterocycles. The van der Waals surface area contributed by atoms with E-state index < -0.39 is 5.67 Å². The summed E-state index contributed by atoms with van der Waals surface area (Å²) in [5.41, 5.74) is -1.20. The first-order valence-electron chi connectivity index (χ1n) is 6.33. The van der Waals surface area contributed by atoms with Crippen molar-refractivity contribution in [1.82, 2.24) is 0 Å². The van der Waals surface area contributed by atoms with Gasteiger partial charge in [0.15, 0.2) is 0 Å². The Balaban J connectivity index is 2.82. The van der Waals surface area contributed by atoms with Crippen molar-refractivity contribution in [3.63, 3.8) is 0 Å². The zero-order valence-electron chi connectivity index (χ0n) is 10.9. The summed E-state index contributed by atoms with van der Waals surface area (Å²) < 4.78 is 19.8. The fourth-order valence-corrected chi connectivity index (χ4v) is 3.06. The van der Waals surface area contributed by atoms with E-state index in [1.807, 2.05) is 6.92 Å². The Bertz CT molecular complexity index is 241. The van der Waals surface area contributed by atoms with Crippen LogP contribution in [0.5, 0.6) is 0 Å². The average Bonchev–Trinajstić information content (AvgIpc) is 2.61. The minimum atomic E-state index is -1.23. The fourth-order valence-electron chi connectivity index (χ4n) is 3.06. The second-order valence-corrected chi connectivity index (χ2v) is 5.36. The Morgan fingerprint density at radius 2 is 2.31 bits per heavy atom. The Labute approximate surface area is 99.1 Å². The molecule has 0 spiro atoms. The van der Waals surface area contributed by atoms with Gasteiger partial charge in [-0.2, -0.15) is 0 Å². The molecule has 1 rings (SSSR count). The van der Waals surface area contributed by atoms with Crippen molar-refractivity contribution in [3.05, 3.63) is 12.7 Å². The van der Waals surface area contributed by atoms with Gasteiger partial charge in [0.05, 0.1) is 6.61 Å². The molecule has 0 heterocycles. The molecule has 16 heavy (non-hydrogen) atoms. The van der Waals surface area contributed by atoms with Gasteiger partial charge in [0, 0.05) is 7.11 Å². The van der Waals surface area contributed by atoms with Crippen molar-refractivity contribution in [2.24, 2.45) is 11.3 Å². The summed E-state index contributed by atoms with van der Waals surface area (Å²) in [6, 6.07) is 0. The maximum atomic E-state index is 14.5. The number of methoxy groups -OCH3 is 1. The van der Waals surface area contributed by atoms with E-state index in [9.17, 15) is 4.39 Å². The van der Waals surface area contributed by atoms with Crippen molar-refractivity contribution in [2.75, 3.05) is 13.7 Å². The van der Waals surface area contributed by atoms with Crippen LogP contribution in [0.1, 0.15) is 46.0 Å². The molecule has 1 aliphatic rings. The third-order valence-electron chi connectivity index (χ3n) is 4.39. The van der Waals surface area contributed by atoms with Gasteiger partial charge in [-0.25, -0.2) is 4.39 Å². The van der Waals surface area contributed by atoms with Gasteiger partial charge < -0.3 is 4.74 Å². The third kappa shape index (κ3) is 2.65. The van der Waals surface area contributed by atoms with Gasteiger partial charge in [-0.05, 0) is 30.6 Å². The van der Waals surface area contributed by atoms with Crippen LogP contribution in [0.15, 0.2) is 12.7 Å². The van der Waals surface area contributed by atoms with Gasteiger partial charge >= 0.3 is 0 Å². The smallest absolute Gasteiger partial charge is 0.129 e. The molecule has 1 nitrogen and oxygen atoms in total. The largest absolute Gasteiger partial charge is 0.384 e. The number of alkyl halides is 1. The van der Waals surface area contributed by atoms with Crippen LogP contribution < -0.4 is 0 Å². The maximum Gasteiger partial charge on any atom is 0.129 e. The van der Waals surface area contributed by atoms with Crippen molar-refractivity contribution >= 4 is 0 Å². The molecule has 2 heteroatoms. The van der Waals surface area contributed by atoms with Gasteiger partial charge in [-0.1, -0.05) is 39.3 Å². The predicted octanol–water partition coefficient (Wildman–Crippen LogP) is 4.13. The van der Waals surface area contributed by atoms with Crippen molar-refractivity contribution in [1.29, 1.82) is 0 Å². The van der Waals surface area contributed by atoms with E-state index in [1.54, 1.807) is 7.11 Å². The molecule has 0 aliphatic heterocycles. The first kappa shape index (κ1) is 13.7. The van der Waals surface area contributed by atoms with E-state index in [1.165, 1.54) is 18.9 Å². The molecule has 0 amide bonds. The summed E-state index contributed by atoms with van der Waals surface area (Å²) in [5, 5.41) is 0. The van der Waals surface area contributed by atoms with E-state index in [0.717, 1.165) is 6.42 Å². The van der Waals surface area contributed by atoms with Crippen LogP contribution in [0, 0.1) is 11.3 Å². The molecule has 1 fully saturated rings. The summed E-state index contributed by atoms with van der Waals surface area (Å²) in [6.45, 7) is 8.44. The maximum absolute atomic E-state index is 14.5. The number of hydrogen-bond acceptors (Lipinski definition) is 1. The lowest BCUT2D eigenvalue weighted by Gasteiger charge is -2.38. The summed E-state index contributed by atoms with van der Waals surface area (Å²) in [6.07, 6.45) is 6.03. The fraction of sp³-hybridized carbons (Fsp3) is 0.857. The summed E-state index contributed by atoms with van der Waals surface area (Å²) >= 11 is 0. The molecule has 1 aliphatic carbocycles. The highest BCUT2D eigenvalue weighted by Gasteiger charge is 2.45. The predicted molar refractivity (Wildman–Crippen MR) is 66.3 cm³/mol. The minimum Gasteiger partial charge on any atom is -0.384 e. The molecule has 0 aromatic heterocycles. The molecule has 0 aromatic rings. The van der Waals surface area contributed by atoms with Crippen LogP contribution in [-0.2, 0) is 4.74 Å². The summed E-state index contributed by atoms with van der Waals surface area (Å²) in [7, 11) is 1.71. The Morgan fingerprint density at radius 3 is 2.69 bits per heavy atom. The van der Waals surface area contributed by atoms with Crippen molar-refractivity contribution in [3.8, 4) is 0 Å². The van der Waals surface area contributed by atoms with Crippen molar-refractivity contribution in [2.45, 2.75) is 51.6 Å². The number of halogens is 1. The van der Waals surface area contributed by atoms with E-state index in [2.05, 4.69) is 13.5 Å². The number of ether oxygens (including phenoxy) is 1. The van der Waals surface area contributed by atoms with Gasteiger partial charge in [0.1, 0.15) is 5.67 Å². The Kier molecular flexibility index (Phi) is 4.54. The van der Waals surface area contributed by atoms with Crippen LogP contribution >= 0.6 is 0 Å². The average molecular weight is 228 g/mol. The normalized spacial score (nSPS) is 33.6. The molecule has 0 bridgehead atoms. The molecule has 0 aromatic carbocycles. The van der Waals surface area contributed by atoms with Crippen LogP contribution in [0.3, 0.4) is 0 Å². The first-order chi connectivity index (χ1) is 7.52. The van der Waals surface area contributed by atoms with Crippen LogP contribution in [0.25, 0.3) is 0 Å². The molecule has 1 saturated carbocycles. The molecular weight excluding hydrogens is 203 g/mol. The second kappa shape index (κ2) is 5.31. The SMILES string of the molecule is C=CC(F)(CC)C[C@]1(COC)CCCC1C. The molecule has 94 valence electrons. The quantitative estimate of drug-likeness (QED) is 0.621. The van der Waals surface area contributed by atoms with E-state index in [0.29, 0.717) is 25.4 Å². The third-order valence-corrected chi connectivity index (χ3v) is 4.39. The highest BCUT2D eigenvalue weighted by Crippen LogP contribution is 2.50. The van der Waals surface area contributed by atoms with Gasteiger partial charge in [-0.3, -0.25) is 0 Å². The molecule has 3 atom stereocenters. The number of rotatable bonds is 6. The zero-order chi connectivity index (χ0) is 12.2. The second-order valence-electron chi connectivity index (χ2n) is 5.36. The highest BCUT2D eigenvalue weighted by atomic mass is 19.1. The van der Waals surface area contributed by atoms with E-state index in [-0.39, 0.29) is 5.41 Å². The lowest BCUT2D eigenvalue weighted by molar-refractivity contribution is 0.00824. The minimum absolute atomic E-state index is 0.0215. The lowest BCUT2D eigenvalue weighted by atomic mass is 9.71. The highest BCUT2D eigenvalue weighted by molar-refractivity contribution is 5.03. The lowest BCUT2D eigenvalue weighted by Crippen LogP contribution is -2.37. The molecule has 0 radical (unpaired) electrons. The van der Waals surface area contributed by atoms with Crippen molar-refractivity contribution < 1.29 is 9.13 Å². The van der Waals surface area contributed by atoms with Crippen LogP contribution in [0.2, 0.25) is 0 Å². The standard InChI is InChI=1S/C14H25FO/c1-5-14(15,6-2)10-13(11-16-4)9-7-8-12(13)3/h5,12H,1,6-11H2,2-4H3/t12?,13-,14?/m0/s1. The van der Waals surface area contributed by atoms with Gasteiger partial charge in [-0.15, -0.1) is 0 Å². The summed E-state index contributed by atoms with van der Waals surface area (Å²) in [5.74, 6) is 0.550. The topological polar surface area (TPSA) is 9.23 Å². The number of allylic oxidation sites excluding steroid dienone is 1. The van der Waals surface area contributed by atoms with Crippen LogP contribution in [-0.4, -0.2) is 19.4 Å². The van der Waals surface area contributed by atoms with E-state index >= 15 is 0 Å². The van der Waals surface area contributed by atoms with Gasteiger partial charge in [0.2, 0.25) is 0 Å². The van der Waals surface area contributed by atoms with Crippen LogP contribution in [0.4, 0.5) is 4.39 Å². The Hall–Kier alpha value is -0.370. The summed E-state index contributed by atoms with van der Waals surface area (Å²) in [4.78, 5) is 0. The van der Waals surface area contributed by atoms with Gasteiger partial charge in [0.25, 0.3) is 0 Å². The number of hydrogen-bond donors (Lipinski definition) is 0.